The smallest absolute Gasteiger partial charge is 0.327 e. The average molecular weight is 353 g/mol. The summed E-state index contributed by atoms with van der Waals surface area (Å²) in [6.07, 6.45) is 4.32. The van der Waals surface area contributed by atoms with Crippen LogP contribution in [0.4, 0.5) is 0 Å². The van der Waals surface area contributed by atoms with Crippen LogP contribution in [0.5, 0.6) is 0 Å². The largest absolute Gasteiger partial charge is 0.467 e. The van der Waals surface area contributed by atoms with Gasteiger partial charge in [-0.25, -0.2) is 4.68 Å². The third-order valence-corrected chi connectivity index (χ3v) is 3.36. The third-order valence-electron chi connectivity index (χ3n) is 3.36. The molecule has 0 aliphatic heterocycles. The van der Waals surface area contributed by atoms with Gasteiger partial charge in [-0.05, 0) is 24.3 Å². The Morgan fingerprint density at radius 3 is 2.54 bits per heavy atom. The zero-order valence-corrected chi connectivity index (χ0v) is 13.5. The topological polar surface area (TPSA) is 118 Å². The van der Waals surface area contributed by atoms with Crippen molar-refractivity contribution < 1.29 is 18.8 Å². The molecule has 2 heterocycles. The van der Waals surface area contributed by atoms with Gasteiger partial charge in [-0.2, -0.15) is 5.10 Å². The summed E-state index contributed by atoms with van der Waals surface area (Å²) in [5.41, 5.74) is 5.22. The molecule has 0 aliphatic carbocycles. The second-order valence-electron chi connectivity index (χ2n) is 5.18. The molecule has 132 valence electrons. The summed E-state index contributed by atoms with van der Waals surface area (Å²) < 4.78 is 6.55. The maximum atomic E-state index is 12.0. The first-order chi connectivity index (χ1) is 12.6. The van der Waals surface area contributed by atoms with Crippen molar-refractivity contribution in [2.45, 2.75) is 6.54 Å². The highest BCUT2D eigenvalue weighted by Gasteiger charge is 2.16. The van der Waals surface area contributed by atoms with Gasteiger partial charge in [0.2, 0.25) is 0 Å². The van der Waals surface area contributed by atoms with E-state index in [1.54, 1.807) is 12.1 Å². The van der Waals surface area contributed by atoms with E-state index < -0.39 is 17.7 Å². The SMILES string of the molecule is O=C(NCc1ccco1)C(=O)NNC(=O)c1cnn(-c2ccccc2)c1. The molecule has 0 atom stereocenters. The van der Waals surface area contributed by atoms with Crippen molar-refractivity contribution in [1.82, 2.24) is 25.9 Å². The van der Waals surface area contributed by atoms with Gasteiger partial charge in [0.15, 0.2) is 0 Å². The number of aromatic nitrogens is 2. The summed E-state index contributed by atoms with van der Waals surface area (Å²) in [5.74, 6) is -2.00. The van der Waals surface area contributed by atoms with E-state index in [4.69, 9.17) is 4.42 Å². The summed E-state index contributed by atoms with van der Waals surface area (Å²) in [6.45, 7) is 0.0665. The highest BCUT2D eigenvalue weighted by atomic mass is 16.3. The molecule has 0 spiro atoms. The van der Waals surface area contributed by atoms with E-state index in [1.165, 1.54) is 23.3 Å². The Balaban J connectivity index is 1.49. The first kappa shape index (κ1) is 17.0. The van der Waals surface area contributed by atoms with Crippen LogP contribution in [0.3, 0.4) is 0 Å². The van der Waals surface area contributed by atoms with Crippen LogP contribution in [0.15, 0.2) is 65.5 Å². The number of amides is 3. The number of carbonyl (C=O) groups is 3. The number of carbonyl (C=O) groups excluding carboxylic acids is 3. The normalized spacial score (nSPS) is 10.2. The van der Waals surface area contributed by atoms with Crippen molar-refractivity contribution in [2.24, 2.45) is 0 Å². The number of nitrogens with one attached hydrogen (secondary N) is 3. The maximum absolute atomic E-state index is 12.0. The molecule has 3 N–H and O–H groups in total. The number of para-hydroxylation sites is 1. The van der Waals surface area contributed by atoms with Gasteiger partial charge in [0.25, 0.3) is 5.91 Å². The molecule has 3 aromatic rings. The van der Waals surface area contributed by atoms with E-state index in [0.29, 0.717) is 5.76 Å². The monoisotopic (exact) mass is 353 g/mol. The van der Waals surface area contributed by atoms with E-state index in [9.17, 15) is 14.4 Å². The van der Waals surface area contributed by atoms with E-state index in [1.807, 2.05) is 35.8 Å². The molecule has 9 nitrogen and oxygen atoms in total. The van der Waals surface area contributed by atoms with Crippen LogP contribution < -0.4 is 16.2 Å². The van der Waals surface area contributed by atoms with Crippen molar-refractivity contribution in [1.29, 1.82) is 0 Å². The lowest BCUT2D eigenvalue weighted by atomic mass is 10.3. The van der Waals surface area contributed by atoms with Crippen LogP contribution in [0, 0.1) is 0 Å². The Bertz CT molecular complexity index is 902. The van der Waals surface area contributed by atoms with Crippen LogP contribution >= 0.6 is 0 Å². The standard InChI is InChI=1S/C17H15N5O4/c23-15(12-9-19-22(11-12)13-5-2-1-3-6-13)20-21-17(25)16(24)18-10-14-7-4-8-26-14/h1-9,11H,10H2,(H,18,24)(H,20,23)(H,21,25). The second kappa shape index (κ2) is 7.79. The number of furan rings is 1. The van der Waals surface area contributed by atoms with Crippen molar-refractivity contribution in [3.05, 3.63) is 72.4 Å². The molecular formula is C17H15N5O4. The van der Waals surface area contributed by atoms with E-state index >= 15 is 0 Å². The summed E-state index contributed by atoms with van der Waals surface area (Å²) in [5, 5.41) is 6.44. The van der Waals surface area contributed by atoms with Gasteiger partial charge in [-0.1, -0.05) is 18.2 Å². The van der Waals surface area contributed by atoms with Crippen LogP contribution in [0.1, 0.15) is 16.1 Å². The molecule has 0 bridgehead atoms. The highest BCUT2D eigenvalue weighted by Crippen LogP contribution is 2.07. The molecule has 26 heavy (non-hydrogen) atoms. The van der Waals surface area contributed by atoms with Crippen LogP contribution in [-0.2, 0) is 16.1 Å². The van der Waals surface area contributed by atoms with Gasteiger partial charge < -0.3 is 9.73 Å². The lowest BCUT2D eigenvalue weighted by molar-refractivity contribution is -0.139. The predicted octanol–water partition coefficient (Wildman–Crippen LogP) is 0.543. The first-order valence-corrected chi connectivity index (χ1v) is 7.64. The number of hydrogen-bond donors (Lipinski definition) is 3. The molecule has 3 rings (SSSR count). The number of nitrogens with zero attached hydrogens (tertiary/aromatic N) is 2. The molecular weight excluding hydrogens is 338 g/mol. The average Bonchev–Trinajstić information content (AvgIpc) is 3.36. The lowest BCUT2D eigenvalue weighted by Crippen LogP contribution is -2.48. The summed E-state index contributed by atoms with van der Waals surface area (Å²) in [6, 6.07) is 12.5. The summed E-state index contributed by atoms with van der Waals surface area (Å²) >= 11 is 0. The van der Waals surface area contributed by atoms with Gasteiger partial charge in [0, 0.05) is 6.20 Å². The van der Waals surface area contributed by atoms with E-state index in [0.717, 1.165) is 5.69 Å². The van der Waals surface area contributed by atoms with Crippen molar-refractivity contribution >= 4 is 17.7 Å². The fourth-order valence-electron chi connectivity index (χ4n) is 2.07. The zero-order valence-electron chi connectivity index (χ0n) is 13.5. The van der Waals surface area contributed by atoms with Crippen molar-refractivity contribution in [2.75, 3.05) is 0 Å². The van der Waals surface area contributed by atoms with Gasteiger partial charge in [0.1, 0.15) is 5.76 Å². The summed E-state index contributed by atoms with van der Waals surface area (Å²) in [7, 11) is 0. The first-order valence-electron chi connectivity index (χ1n) is 7.64. The molecule has 2 aromatic heterocycles. The maximum Gasteiger partial charge on any atom is 0.327 e. The third kappa shape index (κ3) is 4.15. The Morgan fingerprint density at radius 2 is 1.81 bits per heavy atom. The van der Waals surface area contributed by atoms with Gasteiger partial charge in [-0.15, -0.1) is 0 Å². The molecule has 3 amide bonds. The zero-order chi connectivity index (χ0) is 18.4. The number of hydrazine groups is 1. The molecule has 0 radical (unpaired) electrons. The lowest BCUT2D eigenvalue weighted by Gasteiger charge is -2.06. The molecule has 9 heteroatoms. The van der Waals surface area contributed by atoms with Crippen molar-refractivity contribution in [3.63, 3.8) is 0 Å². The predicted molar refractivity (Wildman–Crippen MR) is 89.7 cm³/mol. The highest BCUT2D eigenvalue weighted by molar-refractivity contribution is 6.35. The van der Waals surface area contributed by atoms with Crippen molar-refractivity contribution in [3.8, 4) is 5.69 Å². The number of benzene rings is 1. The Labute approximate surface area is 148 Å². The molecule has 0 saturated carbocycles. The van der Waals surface area contributed by atoms with Crippen LogP contribution in [0.2, 0.25) is 0 Å². The van der Waals surface area contributed by atoms with Crippen LogP contribution in [-0.4, -0.2) is 27.5 Å². The van der Waals surface area contributed by atoms with Gasteiger partial charge in [-0.3, -0.25) is 25.2 Å². The quantitative estimate of drug-likeness (QED) is 0.467. The fourth-order valence-corrected chi connectivity index (χ4v) is 2.07. The second-order valence-corrected chi connectivity index (χ2v) is 5.18. The molecule has 0 aliphatic rings. The molecule has 1 aromatic carbocycles. The molecule has 0 saturated heterocycles. The Kier molecular flexibility index (Phi) is 5.08. The minimum Gasteiger partial charge on any atom is -0.467 e. The van der Waals surface area contributed by atoms with E-state index in [2.05, 4.69) is 15.8 Å². The minimum absolute atomic E-state index is 0.0665. The van der Waals surface area contributed by atoms with E-state index in [-0.39, 0.29) is 12.1 Å². The minimum atomic E-state index is -1.000. The fraction of sp³-hybridized carbons (Fsp3) is 0.0588. The summed E-state index contributed by atoms with van der Waals surface area (Å²) in [4.78, 5) is 35.4. The number of hydrogen-bond acceptors (Lipinski definition) is 5. The number of rotatable bonds is 4. The van der Waals surface area contributed by atoms with Gasteiger partial charge >= 0.3 is 11.8 Å². The molecule has 0 unspecified atom stereocenters. The van der Waals surface area contributed by atoms with Gasteiger partial charge in [0.05, 0.1) is 30.3 Å². The van der Waals surface area contributed by atoms with Crippen LogP contribution in [0.25, 0.3) is 5.69 Å². The Hall–Kier alpha value is -3.88. The molecule has 0 fully saturated rings. The Morgan fingerprint density at radius 1 is 1.00 bits per heavy atom.